The number of ether oxygens (including phenoxy) is 1. The largest absolute Gasteiger partial charge is 0.489 e. The molecule has 3 aromatic rings. The molecular weight excluding hydrogens is 347 g/mol. The Bertz CT molecular complexity index is 915. The minimum absolute atomic E-state index is 0.153. The van der Waals surface area contributed by atoms with Gasteiger partial charge in [-0.2, -0.15) is 0 Å². The van der Waals surface area contributed by atoms with Crippen molar-refractivity contribution in [3.8, 4) is 5.75 Å². The standard InChI is InChI=1S/C21H21FN2O3/c1-13(20-14(2)24-27-15(20)3)21(25)23-18-5-4-6-19(11-18)26-12-16-7-9-17(22)10-8-16/h4-11,13H,12H2,1-3H3,(H,23,25). The highest BCUT2D eigenvalue weighted by Crippen LogP contribution is 2.25. The van der Waals surface area contributed by atoms with Gasteiger partial charge in [0.15, 0.2) is 0 Å². The Kier molecular flexibility index (Phi) is 5.54. The van der Waals surface area contributed by atoms with Crippen LogP contribution in [0.4, 0.5) is 10.1 Å². The molecule has 0 fully saturated rings. The maximum absolute atomic E-state index is 13.0. The zero-order chi connectivity index (χ0) is 19.4. The molecule has 1 atom stereocenters. The van der Waals surface area contributed by atoms with Crippen LogP contribution in [-0.2, 0) is 11.4 Å². The van der Waals surface area contributed by atoms with E-state index in [-0.39, 0.29) is 17.6 Å². The molecule has 140 valence electrons. The van der Waals surface area contributed by atoms with Gasteiger partial charge in [0.2, 0.25) is 5.91 Å². The van der Waals surface area contributed by atoms with E-state index < -0.39 is 0 Å². The molecule has 2 aromatic carbocycles. The van der Waals surface area contributed by atoms with E-state index >= 15 is 0 Å². The van der Waals surface area contributed by atoms with Crippen molar-refractivity contribution in [3.63, 3.8) is 0 Å². The Labute approximate surface area is 157 Å². The van der Waals surface area contributed by atoms with E-state index in [0.717, 1.165) is 11.1 Å². The van der Waals surface area contributed by atoms with E-state index in [2.05, 4.69) is 10.5 Å². The average Bonchev–Trinajstić information content (AvgIpc) is 2.99. The SMILES string of the molecule is Cc1noc(C)c1C(C)C(=O)Nc1cccc(OCc2ccc(F)cc2)c1. The van der Waals surface area contributed by atoms with Crippen molar-refractivity contribution in [2.45, 2.75) is 33.3 Å². The van der Waals surface area contributed by atoms with Crippen LogP contribution < -0.4 is 10.1 Å². The van der Waals surface area contributed by atoms with Crippen LogP contribution in [0.1, 0.15) is 35.4 Å². The van der Waals surface area contributed by atoms with E-state index in [1.165, 1.54) is 12.1 Å². The Morgan fingerprint density at radius 1 is 1.22 bits per heavy atom. The highest BCUT2D eigenvalue weighted by Gasteiger charge is 2.23. The van der Waals surface area contributed by atoms with E-state index in [1.807, 2.05) is 13.8 Å². The van der Waals surface area contributed by atoms with E-state index in [9.17, 15) is 9.18 Å². The fourth-order valence-corrected chi connectivity index (χ4v) is 2.90. The van der Waals surface area contributed by atoms with Gasteiger partial charge in [-0.3, -0.25) is 4.79 Å². The molecule has 1 N–H and O–H groups in total. The normalized spacial score (nSPS) is 11.9. The first-order valence-corrected chi connectivity index (χ1v) is 8.65. The monoisotopic (exact) mass is 368 g/mol. The van der Waals surface area contributed by atoms with Crippen LogP contribution in [0.25, 0.3) is 0 Å². The average molecular weight is 368 g/mol. The second kappa shape index (κ2) is 8.03. The summed E-state index contributed by atoms with van der Waals surface area (Å²) < 4.78 is 23.8. The molecule has 0 bridgehead atoms. The van der Waals surface area contributed by atoms with Gasteiger partial charge < -0.3 is 14.6 Å². The molecule has 0 spiro atoms. The number of carbonyl (C=O) groups is 1. The lowest BCUT2D eigenvalue weighted by atomic mass is 9.98. The van der Waals surface area contributed by atoms with Gasteiger partial charge in [-0.15, -0.1) is 0 Å². The summed E-state index contributed by atoms with van der Waals surface area (Å²) in [5.41, 5.74) is 3.01. The number of benzene rings is 2. The van der Waals surface area contributed by atoms with Crippen LogP contribution in [0.15, 0.2) is 53.1 Å². The molecule has 1 aromatic heterocycles. The molecule has 0 saturated carbocycles. The van der Waals surface area contributed by atoms with Gasteiger partial charge in [0, 0.05) is 17.3 Å². The first-order chi connectivity index (χ1) is 12.9. The van der Waals surface area contributed by atoms with Crippen LogP contribution in [-0.4, -0.2) is 11.1 Å². The summed E-state index contributed by atoms with van der Waals surface area (Å²) in [5, 5.41) is 6.79. The molecule has 3 rings (SSSR count). The quantitative estimate of drug-likeness (QED) is 0.682. The number of aryl methyl sites for hydroxylation is 2. The smallest absolute Gasteiger partial charge is 0.231 e. The fraction of sp³-hybridized carbons (Fsp3) is 0.238. The first-order valence-electron chi connectivity index (χ1n) is 8.65. The van der Waals surface area contributed by atoms with Gasteiger partial charge in [-0.05, 0) is 50.6 Å². The van der Waals surface area contributed by atoms with Crippen molar-refractivity contribution < 1.29 is 18.4 Å². The van der Waals surface area contributed by atoms with Crippen molar-refractivity contribution in [2.75, 3.05) is 5.32 Å². The lowest BCUT2D eigenvalue weighted by molar-refractivity contribution is -0.117. The molecule has 0 aliphatic rings. The number of rotatable bonds is 6. The van der Waals surface area contributed by atoms with Gasteiger partial charge in [0.1, 0.15) is 23.9 Å². The third kappa shape index (κ3) is 4.53. The highest BCUT2D eigenvalue weighted by atomic mass is 19.1. The fourth-order valence-electron chi connectivity index (χ4n) is 2.90. The van der Waals surface area contributed by atoms with Crippen LogP contribution in [0.2, 0.25) is 0 Å². The minimum Gasteiger partial charge on any atom is -0.489 e. The number of nitrogens with zero attached hydrogens (tertiary/aromatic N) is 1. The molecule has 6 heteroatoms. The summed E-state index contributed by atoms with van der Waals surface area (Å²) in [6.07, 6.45) is 0. The highest BCUT2D eigenvalue weighted by molar-refractivity contribution is 5.96. The Morgan fingerprint density at radius 3 is 2.63 bits per heavy atom. The number of carbonyl (C=O) groups excluding carboxylic acids is 1. The summed E-state index contributed by atoms with van der Waals surface area (Å²) in [4.78, 5) is 12.6. The lowest BCUT2D eigenvalue weighted by Crippen LogP contribution is -2.19. The Balaban J connectivity index is 1.64. The molecule has 5 nitrogen and oxygen atoms in total. The number of halogens is 1. The first kappa shape index (κ1) is 18.6. The number of hydrogen-bond acceptors (Lipinski definition) is 4. The van der Waals surface area contributed by atoms with Crippen LogP contribution in [0.3, 0.4) is 0 Å². The summed E-state index contributed by atoms with van der Waals surface area (Å²) in [6, 6.07) is 13.3. The summed E-state index contributed by atoms with van der Waals surface area (Å²) in [5.74, 6) is 0.435. The molecule has 0 saturated heterocycles. The molecule has 1 amide bonds. The predicted octanol–water partition coefficient (Wildman–Crippen LogP) is 4.75. The number of amides is 1. The minimum atomic E-state index is -0.389. The second-order valence-corrected chi connectivity index (χ2v) is 6.39. The van der Waals surface area contributed by atoms with Crippen molar-refractivity contribution in [1.29, 1.82) is 0 Å². The molecular formula is C21H21FN2O3. The number of aromatic nitrogens is 1. The maximum Gasteiger partial charge on any atom is 0.231 e. The molecule has 0 aliphatic heterocycles. The van der Waals surface area contributed by atoms with Crippen molar-refractivity contribution in [3.05, 3.63) is 76.9 Å². The lowest BCUT2D eigenvalue weighted by Gasteiger charge is -2.13. The summed E-state index contributed by atoms with van der Waals surface area (Å²) >= 11 is 0. The molecule has 1 heterocycles. The summed E-state index contributed by atoms with van der Waals surface area (Å²) in [7, 11) is 0. The van der Waals surface area contributed by atoms with E-state index in [1.54, 1.807) is 43.3 Å². The molecule has 1 unspecified atom stereocenters. The van der Waals surface area contributed by atoms with E-state index in [0.29, 0.717) is 29.5 Å². The molecule has 27 heavy (non-hydrogen) atoms. The van der Waals surface area contributed by atoms with Gasteiger partial charge in [0.05, 0.1) is 11.6 Å². The maximum atomic E-state index is 13.0. The topological polar surface area (TPSA) is 64.4 Å². The van der Waals surface area contributed by atoms with Crippen molar-refractivity contribution in [1.82, 2.24) is 5.16 Å². The van der Waals surface area contributed by atoms with Gasteiger partial charge in [-0.25, -0.2) is 4.39 Å². The molecule has 0 aliphatic carbocycles. The number of hydrogen-bond donors (Lipinski definition) is 1. The molecule has 0 radical (unpaired) electrons. The Morgan fingerprint density at radius 2 is 1.96 bits per heavy atom. The number of nitrogens with one attached hydrogen (secondary N) is 1. The Hall–Kier alpha value is -3.15. The third-order valence-electron chi connectivity index (χ3n) is 4.34. The zero-order valence-corrected chi connectivity index (χ0v) is 15.5. The van der Waals surface area contributed by atoms with Crippen molar-refractivity contribution in [2.24, 2.45) is 0 Å². The van der Waals surface area contributed by atoms with Gasteiger partial charge in [-0.1, -0.05) is 23.4 Å². The van der Waals surface area contributed by atoms with Gasteiger partial charge >= 0.3 is 0 Å². The summed E-state index contributed by atoms with van der Waals surface area (Å²) in [6.45, 7) is 5.74. The second-order valence-electron chi connectivity index (χ2n) is 6.39. The predicted molar refractivity (Wildman–Crippen MR) is 100 cm³/mol. The number of anilines is 1. The third-order valence-corrected chi connectivity index (χ3v) is 4.34. The zero-order valence-electron chi connectivity index (χ0n) is 15.5. The van der Waals surface area contributed by atoms with Crippen molar-refractivity contribution >= 4 is 11.6 Å². The van der Waals surface area contributed by atoms with Crippen LogP contribution in [0.5, 0.6) is 5.75 Å². The van der Waals surface area contributed by atoms with Crippen LogP contribution in [0, 0.1) is 19.7 Å². The van der Waals surface area contributed by atoms with Gasteiger partial charge in [0.25, 0.3) is 0 Å². The van der Waals surface area contributed by atoms with Crippen LogP contribution >= 0.6 is 0 Å². The van der Waals surface area contributed by atoms with E-state index in [4.69, 9.17) is 9.26 Å².